The molecule has 1 heterocycles. The van der Waals surface area contributed by atoms with Gasteiger partial charge in [0, 0.05) is 28.3 Å². The summed E-state index contributed by atoms with van der Waals surface area (Å²) in [5.41, 5.74) is 3.21. The Labute approximate surface area is 157 Å². The predicted molar refractivity (Wildman–Crippen MR) is 103 cm³/mol. The van der Waals surface area contributed by atoms with Crippen molar-refractivity contribution in [1.29, 1.82) is 0 Å². The van der Waals surface area contributed by atoms with Crippen molar-refractivity contribution in [2.24, 2.45) is 5.10 Å². The minimum atomic E-state index is -0.430. The summed E-state index contributed by atoms with van der Waals surface area (Å²) in [7, 11) is 0. The summed E-state index contributed by atoms with van der Waals surface area (Å²) in [6.07, 6.45) is 1.61. The number of rotatable bonds is 5. The van der Waals surface area contributed by atoms with Gasteiger partial charge in [-0.05, 0) is 13.0 Å². The van der Waals surface area contributed by atoms with Crippen molar-refractivity contribution in [3.63, 3.8) is 0 Å². The maximum atomic E-state index is 10.9. The van der Waals surface area contributed by atoms with Gasteiger partial charge >= 0.3 is 0 Å². The number of hydrogen-bond acceptors (Lipinski definition) is 4. The molecule has 1 aliphatic heterocycles. The van der Waals surface area contributed by atoms with Gasteiger partial charge in [-0.3, -0.25) is 15.1 Å². The highest BCUT2D eigenvalue weighted by molar-refractivity contribution is 6.33. The molecule has 3 rings (SSSR count). The molecule has 0 bridgehead atoms. The number of nitrogens with one attached hydrogen (secondary N) is 1. The molecule has 26 heavy (non-hydrogen) atoms. The van der Waals surface area contributed by atoms with Gasteiger partial charge in [-0.15, -0.1) is 0 Å². The third kappa shape index (κ3) is 4.80. The molecule has 0 amide bonds. The zero-order chi connectivity index (χ0) is 18.5. The largest absolute Gasteiger partial charge is 0.328 e. The normalized spacial score (nSPS) is 15.5. The maximum Gasteiger partial charge on any atom is 0.270 e. The minimum Gasteiger partial charge on any atom is -0.328 e. The highest BCUT2D eigenvalue weighted by atomic mass is 35.5. The van der Waals surface area contributed by atoms with Crippen molar-refractivity contribution in [2.75, 3.05) is 26.2 Å². The fourth-order valence-electron chi connectivity index (χ4n) is 2.99. The second-order valence-electron chi connectivity index (χ2n) is 6.57. The monoisotopic (exact) mass is 373 g/mol. The average molecular weight is 374 g/mol. The summed E-state index contributed by atoms with van der Waals surface area (Å²) in [5, 5.41) is 17.8. The van der Waals surface area contributed by atoms with Gasteiger partial charge in [0.1, 0.15) is 6.54 Å². The van der Waals surface area contributed by atoms with E-state index in [1.807, 2.05) is 5.01 Å². The summed E-state index contributed by atoms with van der Waals surface area (Å²) in [4.78, 5) is 12.0. The number of non-ortho nitro benzene ring substituents is 1. The molecule has 0 aliphatic carbocycles. The number of piperazine rings is 1. The number of nitro groups is 1. The number of hydrogen-bond donors (Lipinski definition) is 1. The Hall–Kier alpha value is -2.44. The van der Waals surface area contributed by atoms with Crippen molar-refractivity contribution in [2.45, 2.75) is 13.5 Å². The lowest BCUT2D eigenvalue weighted by molar-refractivity contribution is -0.918. The Bertz CT molecular complexity index is 800. The highest BCUT2D eigenvalue weighted by Crippen LogP contribution is 2.20. The lowest BCUT2D eigenvalue weighted by atomic mass is 10.1. The molecular formula is C19H22ClN4O2+. The first kappa shape index (κ1) is 18.4. The molecule has 1 saturated heterocycles. The van der Waals surface area contributed by atoms with Crippen LogP contribution in [0, 0.1) is 17.0 Å². The Balaban J connectivity index is 1.55. The zero-order valence-electron chi connectivity index (χ0n) is 14.7. The number of quaternary nitrogens is 1. The van der Waals surface area contributed by atoms with Crippen molar-refractivity contribution < 1.29 is 9.82 Å². The third-order valence-corrected chi connectivity index (χ3v) is 4.92. The highest BCUT2D eigenvalue weighted by Gasteiger charge is 2.19. The molecule has 6 nitrogen and oxygen atoms in total. The summed E-state index contributed by atoms with van der Waals surface area (Å²) < 4.78 is 0. The molecule has 2 aromatic carbocycles. The topological polar surface area (TPSA) is 63.2 Å². The van der Waals surface area contributed by atoms with Gasteiger partial charge in [0.05, 0.1) is 37.3 Å². The van der Waals surface area contributed by atoms with Crippen molar-refractivity contribution in [1.82, 2.24) is 5.01 Å². The molecule has 1 fully saturated rings. The fraction of sp³-hybridized carbons (Fsp3) is 0.316. The van der Waals surface area contributed by atoms with Gasteiger partial charge in [0.2, 0.25) is 0 Å². The van der Waals surface area contributed by atoms with Gasteiger partial charge in [0.15, 0.2) is 0 Å². The van der Waals surface area contributed by atoms with Crippen molar-refractivity contribution >= 4 is 23.5 Å². The number of halogens is 1. The quantitative estimate of drug-likeness (QED) is 0.497. The molecule has 7 heteroatoms. The van der Waals surface area contributed by atoms with E-state index in [-0.39, 0.29) is 5.69 Å². The summed E-state index contributed by atoms with van der Waals surface area (Å²) in [5.74, 6) is 0. The molecule has 0 radical (unpaired) electrons. The number of hydrazone groups is 1. The molecule has 0 atom stereocenters. The van der Waals surface area contributed by atoms with E-state index >= 15 is 0 Å². The van der Waals surface area contributed by atoms with Crippen molar-refractivity contribution in [3.8, 4) is 0 Å². The first-order valence-electron chi connectivity index (χ1n) is 8.63. The molecule has 0 spiro atoms. The van der Waals surface area contributed by atoms with Crippen LogP contribution in [0.3, 0.4) is 0 Å². The summed E-state index contributed by atoms with van der Waals surface area (Å²) in [6, 6.07) is 13.1. The van der Waals surface area contributed by atoms with Gasteiger partial charge in [-0.2, -0.15) is 5.10 Å². The van der Waals surface area contributed by atoms with E-state index in [9.17, 15) is 10.1 Å². The van der Waals surface area contributed by atoms with Crippen LogP contribution in [0.15, 0.2) is 47.6 Å². The molecule has 0 unspecified atom stereocenters. The SMILES string of the molecule is Cc1ccc(C[NH+]2CCN(/N=C\c3cc([N+](=O)[O-])ccc3Cl)CC2)cc1. The smallest absolute Gasteiger partial charge is 0.270 e. The molecule has 0 saturated carbocycles. The lowest BCUT2D eigenvalue weighted by Crippen LogP contribution is -3.13. The number of benzene rings is 2. The van der Waals surface area contributed by atoms with Crippen LogP contribution >= 0.6 is 11.6 Å². The van der Waals surface area contributed by atoms with Crippen LogP contribution < -0.4 is 4.90 Å². The fourth-order valence-corrected chi connectivity index (χ4v) is 3.15. The summed E-state index contributed by atoms with van der Waals surface area (Å²) in [6.45, 7) is 6.84. The third-order valence-electron chi connectivity index (χ3n) is 4.57. The maximum absolute atomic E-state index is 10.9. The van der Waals surface area contributed by atoms with E-state index in [2.05, 4.69) is 36.3 Å². The number of nitro benzene ring substituents is 1. The van der Waals surface area contributed by atoms with Crippen LogP contribution in [0.2, 0.25) is 5.02 Å². The van der Waals surface area contributed by atoms with Crippen LogP contribution in [-0.4, -0.2) is 42.3 Å². The Morgan fingerprint density at radius 1 is 1.23 bits per heavy atom. The van der Waals surface area contributed by atoms with E-state index in [0.717, 1.165) is 32.7 Å². The first-order chi connectivity index (χ1) is 12.5. The average Bonchev–Trinajstić information content (AvgIpc) is 2.64. The van der Waals surface area contributed by atoms with Crippen LogP contribution in [0.25, 0.3) is 0 Å². The molecule has 0 aromatic heterocycles. The van der Waals surface area contributed by atoms with E-state index < -0.39 is 4.92 Å². The van der Waals surface area contributed by atoms with Gasteiger partial charge in [-0.1, -0.05) is 41.4 Å². The molecular weight excluding hydrogens is 352 g/mol. The van der Waals surface area contributed by atoms with Crippen LogP contribution in [0.5, 0.6) is 0 Å². The van der Waals surface area contributed by atoms with Crippen LogP contribution in [0.4, 0.5) is 5.69 Å². The summed E-state index contributed by atoms with van der Waals surface area (Å²) >= 11 is 6.11. The molecule has 1 aliphatic rings. The predicted octanol–water partition coefficient (Wildman–Crippen LogP) is 2.29. The molecule has 2 aromatic rings. The second kappa shape index (κ2) is 8.29. The first-order valence-corrected chi connectivity index (χ1v) is 9.01. The van der Waals surface area contributed by atoms with E-state index in [1.165, 1.54) is 34.2 Å². The Morgan fingerprint density at radius 3 is 2.58 bits per heavy atom. The van der Waals surface area contributed by atoms with Crippen LogP contribution in [-0.2, 0) is 6.54 Å². The van der Waals surface area contributed by atoms with Gasteiger partial charge in [0.25, 0.3) is 5.69 Å². The van der Waals surface area contributed by atoms with E-state index in [4.69, 9.17) is 11.6 Å². The lowest BCUT2D eigenvalue weighted by Gasteiger charge is -2.30. The van der Waals surface area contributed by atoms with Crippen molar-refractivity contribution in [3.05, 3.63) is 74.3 Å². The Kier molecular flexibility index (Phi) is 5.85. The van der Waals surface area contributed by atoms with E-state index in [0.29, 0.717) is 10.6 Å². The standard InChI is InChI=1S/C19H21ClN4O2/c1-15-2-4-16(5-3-15)14-22-8-10-23(11-9-22)21-13-17-12-18(24(25)26)6-7-19(17)20/h2-7,12-13H,8-11,14H2,1H3/p+1/b21-13-. The van der Waals surface area contributed by atoms with Crippen LogP contribution in [0.1, 0.15) is 16.7 Å². The number of nitrogens with zero attached hydrogens (tertiary/aromatic N) is 3. The molecule has 136 valence electrons. The van der Waals surface area contributed by atoms with Gasteiger partial charge < -0.3 is 4.90 Å². The second-order valence-corrected chi connectivity index (χ2v) is 6.98. The van der Waals surface area contributed by atoms with E-state index in [1.54, 1.807) is 6.21 Å². The minimum absolute atomic E-state index is 0.0169. The Morgan fingerprint density at radius 2 is 1.92 bits per heavy atom. The molecule has 1 N–H and O–H groups in total. The number of aryl methyl sites for hydroxylation is 1. The van der Waals surface area contributed by atoms with Gasteiger partial charge in [-0.25, -0.2) is 0 Å². The zero-order valence-corrected chi connectivity index (χ0v) is 15.4.